The molecule has 120 valence electrons. The molecule has 0 fully saturated rings. The largest absolute Gasteiger partial charge is 0.497 e. The van der Waals surface area contributed by atoms with Crippen molar-refractivity contribution in [2.45, 2.75) is 13.5 Å². The molecule has 0 N–H and O–H groups in total. The summed E-state index contributed by atoms with van der Waals surface area (Å²) in [6, 6.07) is 11.7. The van der Waals surface area contributed by atoms with Crippen molar-refractivity contribution in [1.82, 2.24) is 4.57 Å². The van der Waals surface area contributed by atoms with Crippen molar-refractivity contribution in [2.75, 3.05) is 20.8 Å². The highest BCUT2D eigenvalue weighted by molar-refractivity contribution is 6.09. The minimum atomic E-state index is -0.267. The number of esters is 1. The number of hydrogen-bond acceptors (Lipinski definition) is 4. The summed E-state index contributed by atoms with van der Waals surface area (Å²) in [7, 11) is 3.26. The summed E-state index contributed by atoms with van der Waals surface area (Å²) < 4.78 is 17.7. The van der Waals surface area contributed by atoms with E-state index in [1.54, 1.807) is 21.1 Å². The van der Waals surface area contributed by atoms with Gasteiger partial charge in [-0.1, -0.05) is 0 Å². The van der Waals surface area contributed by atoms with Gasteiger partial charge in [0.15, 0.2) is 0 Å². The Balaban J connectivity index is 2.26. The van der Waals surface area contributed by atoms with Crippen LogP contribution in [0.4, 0.5) is 0 Å². The van der Waals surface area contributed by atoms with Gasteiger partial charge in [0.2, 0.25) is 0 Å². The Morgan fingerprint density at radius 3 is 1.91 bits per heavy atom. The second-order valence-corrected chi connectivity index (χ2v) is 5.16. The SMILES string of the molecule is CCOC(=O)Cn1c2cc(OC)ccc2c2ccc(OC)cc21. The molecule has 0 radical (unpaired) electrons. The molecular weight excluding hydrogens is 294 g/mol. The third-order valence-electron chi connectivity index (χ3n) is 3.87. The lowest BCUT2D eigenvalue weighted by atomic mass is 10.1. The first-order valence-corrected chi connectivity index (χ1v) is 7.47. The van der Waals surface area contributed by atoms with E-state index in [1.165, 1.54) is 0 Å². The molecule has 2 aromatic carbocycles. The van der Waals surface area contributed by atoms with Crippen LogP contribution in [-0.4, -0.2) is 31.4 Å². The van der Waals surface area contributed by atoms with Crippen molar-refractivity contribution in [3.63, 3.8) is 0 Å². The van der Waals surface area contributed by atoms with Crippen LogP contribution in [0.1, 0.15) is 6.92 Å². The minimum absolute atomic E-state index is 0.147. The molecule has 0 saturated heterocycles. The quantitative estimate of drug-likeness (QED) is 0.678. The predicted octanol–water partition coefficient (Wildman–Crippen LogP) is 3.37. The molecule has 5 nitrogen and oxygen atoms in total. The molecule has 23 heavy (non-hydrogen) atoms. The maximum Gasteiger partial charge on any atom is 0.325 e. The lowest BCUT2D eigenvalue weighted by Crippen LogP contribution is -2.13. The molecule has 0 aliphatic heterocycles. The van der Waals surface area contributed by atoms with E-state index in [0.29, 0.717) is 6.61 Å². The van der Waals surface area contributed by atoms with Crippen LogP contribution in [0, 0.1) is 0 Å². The monoisotopic (exact) mass is 313 g/mol. The first-order chi connectivity index (χ1) is 11.2. The molecule has 1 aromatic heterocycles. The fourth-order valence-electron chi connectivity index (χ4n) is 2.81. The highest BCUT2D eigenvalue weighted by Gasteiger charge is 2.15. The van der Waals surface area contributed by atoms with Crippen molar-refractivity contribution in [1.29, 1.82) is 0 Å². The molecule has 1 heterocycles. The van der Waals surface area contributed by atoms with Crippen LogP contribution in [0.15, 0.2) is 36.4 Å². The van der Waals surface area contributed by atoms with Crippen molar-refractivity contribution in [3.8, 4) is 11.5 Å². The number of aromatic nitrogens is 1. The molecule has 0 saturated carbocycles. The van der Waals surface area contributed by atoms with Crippen LogP contribution in [0.25, 0.3) is 21.8 Å². The Labute approximate surface area is 134 Å². The number of carbonyl (C=O) groups is 1. The molecule has 3 rings (SSSR count). The number of ether oxygens (including phenoxy) is 3. The number of benzene rings is 2. The number of rotatable bonds is 5. The van der Waals surface area contributed by atoms with E-state index in [2.05, 4.69) is 0 Å². The van der Waals surface area contributed by atoms with Crippen LogP contribution < -0.4 is 9.47 Å². The zero-order valence-corrected chi connectivity index (χ0v) is 13.5. The number of hydrogen-bond donors (Lipinski definition) is 0. The van der Waals surface area contributed by atoms with Gasteiger partial charge in [-0.05, 0) is 31.2 Å². The summed E-state index contributed by atoms with van der Waals surface area (Å²) >= 11 is 0. The summed E-state index contributed by atoms with van der Waals surface area (Å²) in [5, 5.41) is 2.13. The predicted molar refractivity (Wildman–Crippen MR) is 89.2 cm³/mol. The van der Waals surface area contributed by atoms with E-state index in [9.17, 15) is 4.79 Å². The maximum atomic E-state index is 12.0. The Kier molecular flexibility index (Phi) is 4.10. The van der Waals surface area contributed by atoms with Gasteiger partial charge in [0.1, 0.15) is 18.0 Å². The molecule has 0 amide bonds. The van der Waals surface area contributed by atoms with Gasteiger partial charge < -0.3 is 18.8 Å². The Morgan fingerprint density at radius 1 is 0.957 bits per heavy atom. The molecule has 5 heteroatoms. The van der Waals surface area contributed by atoms with Gasteiger partial charge in [0.25, 0.3) is 0 Å². The second kappa shape index (κ2) is 6.20. The van der Waals surface area contributed by atoms with E-state index in [0.717, 1.165) is 33.3 Å². The van der Waals surface area contributed by atoms with Gasteiger partial charge in [-0.25, -0.2) is 0 Å². The second-order valence-electron chi connectivity index (χ2n) is 5.16. The Hall–Kier alpha value is -2.69. The van der Waals surface area contributed by atoms with E-state index in [4.69, 9.17) is 14.2 Å². The minimum Gasteiger partial charge on any atom is -0.497 e. The summed E-state index contributed by atoms with van der Waals surface area (Å²) in [5.41, 5.74) is 1.86. The van der Waals surface area contributed by atoms with E-state index in [1.807, 2.05) is 41.0 Å². The normalized spacial score (nSPS) is 10.9. The third-order valence-corrected chi connectivity index (χ3v) is 3.87. The van der Waals surface area contributed by atoms with Crippen LogP contribution in [0.3, 0.4) is 0 Å². The molecule has 0 spiro atoms. The van der Waals surface area contributed by atoms with Crippen LogP contribution in [0.5, 0.6) is 11.5 Å². The standard InChI is InChI=1S/C18H19NO4/c1-4-23-18(20)11-19-16-9-12(21-2)5-7-14(16)15-8-6-13(22-3)10-17(15)19/h5-10H,4,11H2,1-3H3. The lowest BCUT2D eigenvalue weighted by Gasteiger charge is -2.08. The summed E-state index contributed by atoms with van der Waals surface area (Å²) in [5.74, 6) is 1.23. The van der Waals surface area contributed by atoms with Crippen molar-refractivity contribution in [3.05, 3.63) is 36.4 Å². The first kappa shape index (κ1) is 15.2. The molecule has 0 bridgehead atoms. The van der Waals surface area contributed by atoms with Gasteiger partial charge in [0, 0.05) is 22.9 Å². The summed E-state index contributed by atoms with van der Waals surface area (Å²) in [6.45, 7) is 2.31. The average molecular weight is 313 g/mol. The van der Waals surface area contributed by atoms with Crippen molar-refractivity contribution < 1.29 is 19.0 Å². The van der Waals surface area contributed by atoms with Crippen molar-refractivity contribution in [2.24, 2.45) is 0 Å². The number of nitrogens with zero attached hydrogens (tertiary/aromatic N) is 1. The number of fused-ring (bicyclic) bond motifs is 3. The first-order valence-electron chi connectivity index (χ1n) is 7.47. The average Bonchev–Trinajstić information content (AvgIpc) is 2.87. The Morgan fingerprint density at radius 2 is 1.48 bits per heavy atom. The lowest BCUT2D eigenvalue weighted by molar-refractivity contribution is -0.143. The van der Waals surface area contributed by atoms with E-state index < -0.39 is 0 Å². The fourth-order valence-corrected chi connectivity index (χ4v) is 2.81. The van der Waals surface area contributed by atoms with Gasteiger partial charge in [-0.15, -0.1) is 0 Å². The topological polar surface area (TPSA) is 49.7 Å². The molecule has 3 aromatic rings. The zero-order chi connectivity index (χ0) is 16.4. The van der Waals surface area contributed by atoms with Gasteiger partial charge in [0.05, 0.1) is 31.9 Å². The highest BCUT2D eigenvalue weighted by Crippen LogP contribution is 2.33. The van der Waals surface area contributed by atoms with E-state index >= 15 is 0 Å². The number of methoxy groups -OCH3 is 2. The highest BCUT2D eigenvalue weighted by atomic mass is 16.5. The molecule has 0 aliphatic carbocycles. The van der Waals surface area contributed by atoms with Crippen LogP contribution in [-0.2, 0) is 16.1 Å². The zero-order valence-electron chi connectivity index (χ0n) is 13.5. The fraction of sp³-hybridized carbons (Fsp3) is 0.278. The van der Waals surface area contributed by atoms with Crippen LogP contribution in [0.2, 0.25) is 0 Å². The Bertz CT molecular complexity index is 805. The third kappa shape index (κ3) is 2.70. The molecule has 0 atom stereocenters. The van der Waals surface area contributed by atoms with Crippen LogP contribution >= 0.6 is 0 Å². The molecular formula is C18H19NO4. The van der Waals surface area contributed by atoms with Gasteiger partial charge in [-0.2, -0.15) is 0 Å². The number of carbonyl (C=O) groups excluding carboxylic acids is 1. The maximum absolute atomic E-state index is 12.0. The summed E-state index contributed by atoms with van der Waals surface area (Å²) in [4.78, 5) is 12.0. The van der Waals surface area contributed by atoms with Crippen molar-refractivity contribution >= 4 is 27.8 Å². The van der Waals surface area contributed by atoms with Gasteiger partial charge >= 0.3 is 5.97 Å². The smallest absolute Gasteiger partial charge is 0.325 e. The molecule has 0 unspecified atom stereocenters. The molecule has 0 aliphatic rings. The van der Waals surface area contributed by atoms with E-state index in [-0.39, 0.29) is 12.5 Å². The van der Waals surface area contributed by atoms with Gasteiger partial charge in [-0.3, -0.25) is 4.79 Å². The summed E-state index contributed by atoms with van der Waals surface area (Å²) in [6.07, 6.45) is 0.